The van der Waals surface area contributed by atoms with Crippen molar-refractivity contribution in [1.82, 2.24) is 4.98 Å². The highest BCUT2D eigenvalue weighted by Gasteiger charge is 2.45. The molecule has 2 nitrogen and oxygen atoms in total. The van der Waals surface area contributed by atoms with Crippen molar-refractivity contribution < 1.29 is 40.2 Å². The van der Waals surface area contributed by atoms with Crippen molar-refractivity contribution in [2.75, 3.05) is 0 Å². The molecule has 3 aromatic carbocycles. The van der Waals surface area contributed by atoms with E-state index in [0.717, 1.165) is 36.4 Å². The molecule has 4 aromatic rings. The fraction of sp³-hybridized carbons (Fsp3) is 0.324. The van der Waals surface area contributed by atoms with Gasteiger partial charge in [-0.1, -0.05) is 50.2 Å². The number of halogens is 8. The standard InChI is InChI=1S/C34H29F8NO/c1-18(2)31-28(30(36)21-6-12-23(13-7-21)34(40,41)42)27(20-8-14-24(35)15-9-20)29-26(43-31)17-16-25(32(29,3)44)19-4-10-22(11-5-19)33(37,38)39/h4-15,18,25,30,44H,16-17H2,1-3H3. The molecule has 0 spiro atoms. The van der Waals surface area contributed by atoms with E-state index in [1.54, 1.807) is 13.8 Å². The van der Waals surface area contributed by atoms with E-state index >= 15 is 4.39 Å². The molecule has 0 amide bonds. The van der Waals surface area contributed by atoms with Crippen molar-refractivity contribution in [2.24, 2.45) is 0 Å². The first-order valence-electron chi connectivity index (χ1n) is 14.0. The summed E-state index contributed by atoms with van der Waals surface area (Å²) in [6.07, 6.45) is -10.5. The molecular formula is C34H29F8NO. The van der Waals surface area contributed by atoms with Crippen molar-refractivity contribution in [1.29, 1.82) is 0 Å². The zero-order chi connectivity index (χ0) is 32.2. The lowest BCUT2D eigenvalue weighted by Gasteiger charge is -2.41. The molecule has 5 rings (SSSR count). The molecule has 10 heteroatoms. The average molecular weight is 620 g/mol. The lowest BCUT2D eigenvalue weighted by molar-refractivity contribution is -0.138. The van der Waals surface area contributed by atoms with Crippen LogP contribution in [-0.4, -0.2) is 10.1 Å². The number of rotatable bonds is 5. The molecule has 1 aromatic heterocycles. The summed E-state index contributed by atoms with van der Waals surface area (Å²) in [7, 11) is 0. The summed E-state index contributed by atoms with van der Waals surface area (Å²) >= 11 is 0. The highest BCUT2D eigenvalue weighted by molar-refractivity contribution is 5.76. The first-order valence-corrected chi connectivity index (χ1v) is 14.0. The van der Waals surface area contributed by atoms with Crippen molar-refractivity contribution in [2.45, 2.75) is 69.6 Å². The highest BCUT2D eigenvalue weighted by Crippen LogP contribution is 2.52. The molecule has 232 valence electrons. The summed E-state index contributed by atoms with van der Waals surface area (Å²) in [6.45, 7) is 5.07. The number of aliphatic hydroxyl groups is 1. The van der Waals surface area contributed by atoms with E-state index in [2.05, 4.69) is 0 Å². The molecule has 0 aliphatic heterocycles. The zero-order valence-electron chi connectivity index (χ0n) is 24.0. The molecule has 1 aliphatic carbocycles. The highest BCUT2D eigenvalue weighted by atomic mass is 19.4. The minimum absolute atomic E-state index is 0.0264. The van der Waals surface area contributed by atoms with Crippen LogP contribution in [0.3, 0.4) is 0 Å². The summed E-state index contributed by atoms with van der Waals surface area (Å²) in [4.78, 5) is 4.79. The van der Waals surface area contributed by atoms with Crippen LogP contribution in [0.2, 0.25) is 0 Å². The fourth-order valence-electron chi connectivity index (χ4n) is 6.15. The van der Waals surface area contributed by atoms with Crippen LogP contribution in [0, 0.1) is 5.82 Å². The van der Waals surface area contributed by atoms with Gasteiger partial charge >= 0.3 is 12.4 Å². The van der Waals surface area contributed by atoms with Gasteiger partial charge in [-0.3, -0.25) is 4.98 Å². The Morgan fingerprint density at radius 2 is 1.34 bits per heavy atom. The minimum atomic E-state index is -4.62. The summed E-state index contributed by atoms with van der Waals surface area (Å²) < 4.78 is 110. The van der Waals surface area contributed by atoms with Gasteiger partial charge in [0.1, 0.15) is 5.82 Å². The number of nitrogens with zero attached hydrogens (tertiary/aromatic N) is 1. The van der Waals surface area contributed by atoms with Crippen LogP contribution in [0.1, 0.15) is 90.0 Å². The van der Waals surface area contributed by atoms with Crippen molar-refractivity contribution in [3.8, 4) is 11.1 Å². The largest absolute Gasteiger partial charge is 0.416 e. The first kappa shape index (κ1) is 31.6. The first-order chi connectivity index (χ1) is 20.5. The molecular weight excluding hydrogens is 590 g/mol. The fourth-order valence-corrected chi connectivity index (χ4v) is 6.15. The monoisotopic (exact) mass is 619 g/mol. The van der Waals surface area contributed by atoms with E-state index < -0.39 is 47.0 Å². The molecule has 44 heavy (non-hydrogen) atoms. The molecule has 0 saturated carbocycles. The maximum absolute atomic E-state index is 16.8. The minimum Gasteiger partial charge on any atom is -0.385 e. The maximum atomic E-state index is 16.8. The van der Waals surface area contributed by atoms with Gasteiger partial charge in [-0.25, -0.2) is 8.78 Å². The van der Waals surface area contributed by atoms with Crippen molar-refractivity contribution in [3.05, 3.63) is 123 Å². The number of pyridine rings is 1. The predicted octanol–water partition coefficient (Wildman–Crippen LogP) is 10.0. The Kier molecular flexibility index (Phi) is 8.12. The Hall–Kier alpha value is -3.79. The molecule has 0 fully saturated rings. The second-order valence-electron chi connectivity index (χ2n) is 11.6. The summed E-state index contributed by atoms with van der Waals surface area (Å²) in [5.41, 5.74) is -1.54. The van der Waals surface area contributed by atoms with Gasteiger partial charge < -0.3 is 5.11 Å². The Morgan fingerprint density at radius 1 is 0.818 bits per heavy atom. The van der Waals surface area contributed by atoms with E-state index in [1.165, 1.54) is 43.3 Å². The van der Waals surface area contributed by atoms with Gasteiger partial charge in [0.15, 0.2) is 6.17 Å². The SMILES string of the molecule is CC(C)c1nc2c(c(-c3ccc(F)cc3)c1C(F)c1ccc(C(F)(F)F)cc1)C(C)(O)C(c1ccc(C(F)(F)F)cc1)CC2. The third-order valence-electron chi connectivity index (χ3n) is 8.30. The second-order valence-corrected chi connectivity index (χ2v) is 11.6. The van der Waals surface area contributed by atoms with E-state index in [-0.39, 0.29) is 28.2 Å². The maximum Gasteiger partial charge on any atom is 0.416 e. The van der Waals surface area contributed by atoms with Gasteiger partial charge in [0.2, 0.25) is 0 Å². The smallest absolute Gasteiger partial charge is 0.385 e. The molecule has 1 heterocycles. The number of aryl methyl sites for hydroxylation is 1. The van der Waals surface area contributed by atoms with Gasteiger partial charge in [-0.05, 0) is 84.3 Å². The summed E-state index contributed by atoms with van der Waals surface area (Å²) in [5, 5.41) is 12.2. The predicted molar refractivity (Wildman–Crippen MR) is 150 cm³/mol. The van der Waals surface area contributed by atoms with Crippen LogP contribution in [-0.2, 0) is 24.4 Å². The van der Waals surface area contributed by atoms with Gasteiger partial charge in [-0.2, -0.15) is 26.3 Å². The topological polar surface area (TPSA) is 33.1 Å². The van der Waals surface area contributed by atoms with Crippen molar-refractivity contribution in [3.63, 3.8) is 0 Å². The van der Waals surface area contributed by atoms with Crippen LogP contribution in [0.15, 0.2) is 72.8 Å². The molecule has 1 aliphatic rings. The number of hydrogen-bond acceptors (Lipinski definition) is 2. The second kappa shape index (κ2) is 11.3. The normalized spacial score (nSPS) is 19.6. The Labute approximate surface area is 249 Å². The quantitative estimate of drug-likeness (QED) is 0.226. The number of aromatic nitrogens is 1. The van der Waals surface area contributed by atoms with Crippen LogP contribution in [0.4, 0.5) is 35.1 Å². The molecule has 3 atom stereocenters. The van der Waals surface area contributed by atoms with Crippen molar-refractivity contribution >= 4 is 0 Å². The van der Waals surface area contributed by atoms with Crippen LogP contribution in [0.5, 0.6) is 0 Å². The molecule has 1 N–H and O–H groups in total. The zero-order valence-corrected chi connectivity index (χ0v) is 24.0. The van der Waals surface area contributed by atoms with Gasteiger partial charge in [0.25, 0.3) is 0 Å². The van der Waals surface area contributed by atoms with E-state index in [0.29, 0.717) is 35.4 Å². The Balaban J connectivity index is 1.75. The van der Waals surface area contributed by atoms with Gasteiger partial charge in [0.05, 0.1) is 22.4 Å². The van der Waals surface area contributed by atoms with Crippen LogP contribution < -0.4 is 0 Å². The Morgan fingerprint density at radius 3 is 1.84 bits per heavy atom. The molecule has 3 unspecified atom stereocenters. The van der Waals surface area contributed by atoms with E-state index in [4.69, 9.17) is 4.98 Å². The Bertz CT molecular complexity index is 1640. The van der Waals surface area contributed by atoms with E-state index in [9.17, 15) is 35.8 Å². The molecule has 0 saturated heterocycles. The molecule has 0 bridgehead atoms. The number of fused-ring (bicyclic) bond motifs is 1. The summed E-state index contributed by atoms with van der Waals surface area (Å²) in [6, 6.07) is 13.4. The van der Waals surface area contributed by atoms with Crippen LogP contribution in [0.25, 0.3) is 11.1 Å². The lowest BCUT2D eigenvalue weighted by Crippen LogP contribution is -2.37. The van der Waals surface area contributed by atoms with Crippen LogP contribution >= 0.6 is 0 Å². The average Bonchev–Trinajstić information content (AvgIpc) is 2.95. The number of hydrogen-bond donors (Lipinski definition) is 1. The third-order valence-corrected chi connectivity index (χ3v) is 8.30. The summed E-state index contributed by atoms with van der Waals surface area (Å²) in [5.74, 6) is -1.61. The van der Waals surface area contributed by atoms with Gasteiger partial charge in [-0.15, -0.1) is 0 Å². The van der Waals surface area contributed by atoms with E-state index in [1.807, 2.05) is 0 Å². The third kappa shape index (κ3) is 5.84. The van der Waals surface area contributed by atoms with Gasteiger partial charge in [0, 0.05) is 22.7 Å². The lowest BCUT2D eigenvalue weighted by atomic mass is 9.67. The molecule has 0 radical (unpaired) electrons. The number of alkyl halides is 7. The number of benzene rings is 3.